The van der Waals surface area contributed by atoms with E-state index >= 15 is 0 Å². The molecule has 1 fully saturated rings. The van der Waals surface area contributed by atoms with Crippen LogP contribution in [0.25, 0.3) is 0 Å². The lowest BCUT2D eigenvalue weighted by molar-refractivity contribution is -0.120. The van der Waals surface area contributed by atoms with E-state index in [1.807, 2.05) is 12.1 Å². The van der Waals surface area contributed by atoms with Gasteiger partial charge in [0.05, 0.1) is 0 Å². The summed E-state index contributed by atoms with van der Waals surface area (Å²) < 4.78 is 0.929. The molecule has 2 aromatic carbocycles. The Labute approximate surface area is 193 Å². The summed E-state index contributed by atoms with van der Waals surface area (Å²) in [6.45, 7) is 6.38. The maximum Gasteiger partial charge on any atom is 0.251 e. The average Bonchev–Trinajstić information content (AvgIpc) is 2.80. The SMILES string of the molecule is O=C(CCNC(=O)c1ccc(Br)cc1)NCCCCN1CCN(c2ccccc2)CC1. The molecule has 3 rings (SSSR count). The molecule has 1 heterocycles. The van der Waals surface area contributed by atoms with E-state index < -0.39 is 0 Å². The molecule has 6 nitrogen and oxygen atoms in total. The summed E-state index contributed by atoms with van der Waals surface area (Å²) in [4.78, 5) is 28.9. The van der Waals surface area contributed by atoms with Crippen LogP contribution >= 0.6 is 15.9 Å². The number of halogens is 1. The van der Waals surface area contributed by atoms with Gasteiger partial charge in [0.15, 0.2) is 0 Å². The molecule has 0 bridgehead atoms. The second kappa shape index (κ2) is 12.5. The summed E-state index contributed by atoms with van der Waals surface area (Å²) in [5.74, 6) is -0.180. The van der Waals surface area contributed by atoms with Gasteiger partial charge in [0.1, 0.15) is 0 Å². The predicted octanol–water partition coefficient (Wildman–Crippen LogP) is 3.29. The van der Waals surface area contributed by atoms with Crippen LogP contribution in [0, 0.1) is 0 Å². The second-order valence-electron chi connectivity index (χ2n) is 7.73. The van der Waals surface area contributed by atoms with Crippen LogP contribution in [0.4, 0.5) is 5.69 Å². The van der Waals surface area contributed by atoms with Crippen molar-refractivity contribution in [2.45, 2.75) is 19.3 Å². The molecule has 166 valence electrons. The molecule has 0 saturated carbocycles. The number of amides is 2. The van der Waals surface area contributed by atoms with Crippen LogP contribution in [0.5, 0.6) is 0 Å². The quantitative estimate of drug-likeness (QED) is 0.505. The molecule has 1 aliphatic heterocycles. The van der Waals surface area contributed by atoms with Crippen molar-refractivity contribution in [1.29, 1.82) is 0 Å². The third-order valence-electron chi connectivity index (χ3n) is 5.46. The maximum atomic E-state index is 12.0. The van der Waals surface area contributed by atoms with Crippen molar-refractivity contribution in [3.8, 4) is 0 Å². The Morgan fingerprint density at radius 2 is 1.55 bits per heavy atom. The molecule has 1 saturated heterocycles. The number of rotatable bonds is 10. The summed E-state index contributed by atoms with van der Waals surface area (Å²) in [5, 5.41) is 5.73. The Bertz CT molecular complexity index is 821. The molecule has 0 aromatic heterocycles. The number of hydrogen-bond acceptors (Lipinski definition) is 4. The smallest absolute Gasteiger partial charge is 0.251 e. The molecular formula is C24H31BrN4O2. The van der Waals surface area contributed by atoms with Gasteiger partial charge in [-0.25, -0.2) is 0 Å². The molecule has 0 unspecified atom stereocenters. The van der Waals surface area contributed by atoms with Crippen molar-refractivity contribution < 1.29 is 9.59 Å². The molecular weight excluding hydrogens is 456 g/mol. The highest BCUT2D eigenvalue weighted by Gasteiger charge is 2.16. The number of anilines is 1. The van der Waals surface area contributed by atoms with Gasteiger partial charge in [0.25, 0.3) is 5.91 Å². The highest BCUT2D eigenvalue weighted by atomic mass is 79.9. The Balaban J connectivity index is 1.20. The summed E-state index contributed by atoms with van der Waals surface area (Å²) in [5.41, 5.74) is 1.89. The fourth-order valence-corrected chi connectivity index (χ4v) is 3.90. The maximum absolute atomic E-state index is 12.0. The van der Waals surface area contributed by atoms with E-state index in [2.05, 4.69) is 66.7 Å². The first-order chi connectivity index (χ1) is 15.1. The topological polar surface area (TPSA) is 64.7 Å². The fourth-order valence-electron chi connectivity index (χ4n) is 3.64. The van der Waals surface area contributed by atoms with Crippen LogP contribution in [0.15, 0.2) is 59.1 Å². The van der Waals surface area contributed by atoms with Gasteiger partial charge in [0, 0.05) is 61.4 Å². The minimum Gasteiger partial charge on any atom is -0.369 e. The zero-order valence-electron chi connectivity index (χ0n) is 17.9. The Kier molecular flexibility index (Phi) is 9.37. The molecule has 0 atom stereocenters. The molecule has 0 aliphatic carbocycles. The van der Waals surface area contributed by atoms with Crippen LogP contribution in [0.2, 0.25) is 0 Å². The Morgan fingerprint density at radius 3 is 2.26 bits per heavy atom. The molecule has 2 N–H and O–H groups in total. The van der Waals surface area contributed by atoms with Gasteiger partial charge in [-0.1, -0.05) is 34.1 Å². The minimum absolute atomic E-state index is 0.0208. The van der Waals surface area contributed by atoms with Gasteiger partial charge in [-0.05, 0) is 55.8 Å². The third-order valence-corrected chi connectivity index (χ3v) is 5.99. The molecule has 2 aromatic rings. The minimum atomic E-state index is -0.160. The molecule has 1 aliphatic rings. The summed E-state index contributed by atoms with van der Waals surface area (Å²) in [6, 6.07) is 17.7. The average molecular weight is 487 g/mol. The van der Waals surface area contributed by atoms with Crippen molar-refractivity contribution >= 4 is 33.4 Å². The number of carbonyl (C=O) groups excluding carboxylic acids is 2. The standard InChI is InChI=1S/C24H31BrN4O2/c25-21-10-8-20(9-11-21)24(31)27-14-12-23(30)26-13-4-5-15-28-16-18-29(19-17-28)22-6-2-1-3-7-22/h1-3,6-11H,4-5,12-19H2,(H,26,30)(H,27,31). The van der Waals surface area contributed by atoms with Crippen LogP contribution < -0.4 is 15.5 Å². The first-order valence-corrected chi connectivity index (χ1v) is 11.7. The Morgan fingerprint density at radius 1 is 0.839 bits per heavy atom. The number of hydrogen-bond donors (Lipinski definition) is 2. The zero-order chi connectivity index (χ0) is 21.9. The zero-order valence-corrected chi connectivity index (χ0v) is 19.4. The fraction of sp³-hybridized carbons (Fsp3) is 0.417. The van der Waals surface area contributed by atoms with E-state index in [9.17, 15) is 9.59 Å². The molecule has 7 heteroatoms. The normalized spacial score (nSPS) is 14.3. The van der Waals surface area contributed by atoms with Crippen LogP contribution in [-0.4, -0.2) is 62.5 Å². The van der Waals surface area contributed by atoms with E-state index in [0.29, 0.717) is 25.1 Å². The number of carbonyl (C=O) groups is 2. The van der Waals surface area contributed by atoms with Gasteiger partial charge < -0.3 is 15.5 Å². The van der Waals surface area contributed by atoms with E-state index in [0.717, 1.165) is 50.0 Å². The first-order valence-electron chi connectivity index (χ1n) is 10.9. The van der Waals surface area contributed by atoms with Crippen LogP contribution in [0.3, 0.4) is 0 Å². The van der Waals surface area contributed by atoms with Crippen molar-refractivity contribution in [1.82, 2.24) is 15.5 Å². The number of benzene rings is 2. The lowest BCUT2D eigenvalue weighted by Gasteiger charge is -2.36. The largest absolute Gasteiger partial charge is 0.369 e. The van der Waals surface area contributed by atoms with Crippen molar-refractivity contribution in [2.24, 2.45) is 0 Å². The number of nitrogens with one attached hydrogen (secondary N) is 2. The molecule has 31 heavy (non-hydrogen) atoms. The molecule has 0 radical (unpaired) electrons. The number of nitrogens with zero attached hydrogens (tertiary/aromatic N) is 2. The first kappa shape index (κ1) is 23.3. The monoisotopic (exact) mass is 486 g/mol. The lowest BCUT2D eigenvalue weighted by atomic mass is 10.2. The van der Waals surface area contributed by atoms with Crippen molar-refractivity contribution in [2.75, 3.05) is 50.7 Å². The van der Waals surface area contributed by atoms with Gasteiger partial charge in [-0.15, -0.1) is 0 Å². The van der Waals surface area contributed by atoms with E-state index in [-0.39, 0.29) is 11.8 Å². The lowest BCUT2D eigenvalue weighted by Crippen LogP contribution is -2.46. The highest BCUT2D eigenvalue weighted by Crippen LogP contribution is 2.15. The van der Waals surface area contributed by atoms with E-state index in [1.54, 1.807) is 12.1 Å². The number of unbranched alkanes of at least 4 members (excludes halogenated alkanes) is 1. The van der Waals surface area contributed by atoms with Crippen LogP contribution in [-0.2, 0) is 4.79 Å². The number of piperazine rings is 1. The van der Waals surface area contributed by atoms with Gasteiger partial charge in [0.2, 0.25) is 5.91 Å². The summed E-state index contributed by atoms with van der Waals surface area (Å²) >= 11 is 3.35. The molecule has 2 amide bonds. The Hall–Kier alpha value is -2.38. The van der Waals surface area contributed by atoms with Crippen LogP contribution in [0.1, 0.15) is 29.6 Å². The number of para-hydroxylation sites is 1. The van der Waals surface area contributed by atoms with Crippen molar-refractivity contribution in [3.05, 3.63) is 64.6 Å². The van der Waals surface area contributed by atoms with Gasteiger partial charge >= 0.3 is 0 Å². The predicted molar refractivity (Wildman–Crippen MR) is 128 cm³/mol. The highest BCUT2D eigenvalue weighted by molar-refractivity contribution is 9.10. The van der Waals surface area contributed by atoms with E-state index in [4.69, 9.17) is 0 Å². The van der Waals surface area contributed by atoms with E-state index in [1.165, 1.54) is 5.69 Å². The third kappa shape index (κ3) is 7.99. The van der Waals surface area contributed by atoms with Gasteiger partial charge in [-0.3, -0.25) is 14.5 Å². The van der Waals surface area contributed by atoms with Gasteiger partial charge in [-0.2, -0.15) is 0 Å². The summed E-state index contributed by atoms with van der Waals surface area (Å²) in [6.07, 6.45) is 2.34. The summed E-state index contributed by atoms with van der Waals surface area (Å²) in [7, 11) is 0. The second-order valence-corrected chi connectivity index (χ2v) is 8.65. The molecule has 0 spiro atoms. The van der Waals surface area contributed by atoms with Crippen molar-refractivity contribution in [3.63, 3.8) is 0 Å².